The van der Waals surface area contributed by atoms with Crippen LogP contribution < -0.4 is 5.64 Å². The van der Waals surface area contributed by atoms with Crippen molar-refractivity contribution >= 4 is 0 Å². The fraction of sp³-hybridized carbons (Fsp3) is 1.00. The summed E-state index contributed by atoms with van der Waals surface area (Å²) in [7, 11) is 1.37. The fourth-order valence-electron chi connectivity index (χ4n) is 0.112. The quantitative estimate of drug-likeness (QED) is 0.306. The summed E-state index contributed by atoms with van der Waals surface area (Å²) in [4.78, 5) is 17.6. The molecule has 0 aromatic rings. The Morgan fingerprint density at radius 3 is 3.00 bits per heavy atom. The molecule has 0 bridgehead atoms. The lowest BCUT2D eigenvalue weighted by atomic mass is 11.4. The largest absolute Gasteiger partial charge is 0.280 e. The van der Waals surface area contributed by atoms with Crippen molar-refractivity contribution in [3.63, 3.8) is 0 Å². The van der Waals surface area contributed by atoms with E-state index in [-0.39, 0.29) is 6.73 Å². The smallest absolute Gasteiger partial charge is 0.202 e. The van der Waals surface area contributed by atoms with Crippen LogP contribution in [0.1, 0.15) is 0 Å². The molecular formula is C2H6N2O3. The van der Waals surface area contributed by atoms with Gasteiger partial charge in [0.25, 0.3) is 0 Å². The predicted molar refractivity (Wildman–Crippen MR) is 21.9 cm³/mol. The summed E-state index contributed by atoms with van der Waals surface area (Å²) in [5.74, 6) is 0. The number of nitrogens with zero attached hydrogens (tertiary/aromatic N) is 1. The molecule has 1 N–H and O–H groups in total. The molecular weight excluding hydrogens is 100 g/mol. The van der Waals surface area contributed by atoms with E-state index in [2.05, 4.69) is 14.9 Å². The Kier molecular flexibility index (Phi) is 5.07. The van der Waals surface area contributed by atoms with Gasteiger partial charge in [-0.25, -0.2) is 4.84 Å². The summed E-state index contributed by atoms with van der Waals surface area (Å²) in [5, 5.41) is 2.36. The lowest BCUT2D eigenvalue weighted by molar-refractivity contribution is -0.149. The lowest BCUT2D eigenvalue weighted by Gasteiger charge is -1.93. The van der Waals surface area contributed by atoms with Crippen LogP contribution in [-0.2, 0) is 9.68 Å². The van der Waals surface area contributed by atoms with Gasteiger partial charge >= 0.3 is 0 Å². The van der Waals surface area contributed by atoms with Gasteiger partial charge in [-0.15, -0.1) is 4.91 Å². The summed E-state index contributed by atoms with van der Waals surface area (Å²) in [6.45, 7) is -0.242. The van der Waals surface area contributed by atoms with Crippen LogP contribution in [0.25, 0.3) is 0 Å². The summed E-state index contributed by atoms with van der Waals surface area (Å²) in [6.07, 6.45) is 0. The molecule has 0 aliphatic heterocycles. The van der Waals surface area contributed by atoms with Crippen molar-refractivity contribution in [3.8, 4) is 0 Å². The molecule has 0 fully saturated rings. The third kappa shape index (κ3) is 5.48. The van der Waals surface area contributed by atoms with Crippen LogP contribution in [0.15, 0.2) is 5.18 Å². The van der Waals surface area contributed by atoms with Crippen LogP contribution in [0.2, 0.25) is 0 Å². The van der Waals surface area contributed by atoms with Gasteiger partial charge < -0.3 is 0 Å². The zero-order valence-electron chi connectivity index (χ0n) is 3.88. The van der Waals surface area contributed by atoms with Crippen molar-refractivity contribution in [2.75, 3.05) is 13.8 Å². The maximum Gasteiger partial charge on any atom is 0.202 e. The van der Waals surface area contributed by atoms with Gasteiger partial charge in [-0.05, 0) is 5.18 Å². The zero-order valence-corrected chi connectivity index (χ0v) is 3.88. The molecule has 0 rings (SSSR count). The molecule has 5 heteroatoms. The summed E-state index contributed by atoms with van der Waals surface area (Å²) in [6, 6.07) is 0. The van der Waals surface area contributed by atoms with E-state index in [0.717, 1.165) is 0 Å². The Labute approximate surface area is 40.5 Å². The van der Waals surface area contributed by atoms with Crippen LogP contribution in [-0.4, -0.2) is 13.8 Å². The normalized spacial score (nSPS) is 8.71. The van der Waals surface area contributed by atoms with Gasteiger partial charge in [-0.2, -0.15) is 0 Å². The van der Waals surface area contributed by atoms with E-state index in [9.17, 15) is 4.91 Å². The minimum Gasteiger partial charge on any atom is -0.280 e. The molecule has 0 aliphatic carbocycles. The molecule has 0 aliphatic rings. The highest BCUT2D eigenvalue weighted by atomic mass is 16.9. The molecule has 42 valence electrons. The molecule has 0 heterocycles. The monoisotopic (exact) mass is 106 g/mol. The van der Waals surface area contributed by atoms with E-state index in [1.54, 1.807) is 0 Å². The Morgan fingerprint density at radius 2 is 2.57 bits per heavy atom. The lowest BCUT2D eigenvalue weighted by Crippen LogP contribution is -2.11. The van der Waals surface area contributed by atoms with E-state index in [1.165, 1.54) is 7.11 Å². The first-order chi connectivity index (χ1) is 3.41. The third-order valence-electron chi connectivity index (χ3n) is 0.260. The Hall–Kier alpha value is -0.520. The van der Waals surface area contributed by atoms with Gasteiger partial charge in [0, 0.05) is 0 Å². The Balaban J connectivity index is 2.56. The first-order valence-corrected chi connectivity index (χ1v) is 1.60. The molecule has 0 amide bonds. The van der Waals surface area contributed by atoms with Gasteiger partial charge in [0.05, 0.1) is 7.11 Å². The van der Waals surface area contributed by atoms with Crippen molar-refractivity contribution in [1.29, 1.82) is 0 Å². The first kappa shape index (κ1) is 6.48. The average Bonchev–Trinajstić information content (AvgIpc) is 1.69. The predicted octanol–water partition coefficient (Wildman–Crippen LogP) is -0.207. The highest BCUT2D eigenvalue weighted by Crippen LogP contribution is 1.64. The van der Waals surface area contributed by atoms with E-state index < -0.39 is 0 Å². The van der Waals surface area contributed by atoms with Gasteiger partial charge in [-0.3, -0.25) is 4.84 Å². The van der Waals surface area contributed by atoms with Crippen molar-refractivity contribution in [3.05, 3.63) is 4.91 Å². The SMILES string of the molecule is CONOCN=O. The summed E-state index contributed by atoms with van der Waals surface area (Å²) >= 11 is 0. The van der Waals surface area contributed by atoms with Gasteiger partial charge in [-0.1, -0.05) is 5.64 Å². The van der Waals surface area contributed by atoms with Crippen LogP contribution in [0, 0.1) is 4.91 Å². The third-order valence-corrected chi connectivity index (χ3v) is 0.260. The standard InChI is InChI=1S/C2H6N2O3/c1-6-4-7-2-3-5/h4H,2H2,1H3. The van der Waals surface area contributed by atoms with Crippen molar-refractivity contribution < 1.29 is 9.68 Å². The summed E-state index contributed by atoms with van der Waals surface area (Å²) < 4.78 is 0. The minimum absolute atomic E-state index is 0.242. The fourth-order valence-corrected chi connectivity index (χ4v) is 0.112. The molecule has 5 nitrogen and oxygen atoms in total. The van der Waals surface area contributed by atoms with Crippen molar-refractivity contribution in [2.45, 2.75) is 0 Å². The second kappa shape index (κ2) is 5.48. The number of hydrogen-bond acceptors (Lipinski definition) is 5. The highest BCUT2D eigenvalue weighted by molar-refractivity contribution is 4.13. The van der Waals surface area contributed by atoms with Crippen LogP contribution in [0.3, 0.4) is 0 Å². The first-order valence-electron chi connectivity index (χ1n) is 1.60. The van der Waals surface area contributed by atoms with E-state index in [0.29, 0.717) is 0 Å². The van der Waals surface area contributed by atoms with Crippen LogP contribution in [0.5, 0.6) is 0 Å². The molecule has 0 aromatic carbocycles. The van der Waals surface area contributed by atoms with Gasteiger partial charge in [0.15, 0.2) is 0 Å². The summed E-state index contributed by atoms with van der Waals surface area (Å²) in [5.41, 5.74) is 1.96. The van der Waals surface area contributed by atoms with E-state index >= 15 is 0 Å². The van der Waals surface area contributed by atoms with Crippen molar-refractivity contribution in [1.82, 2.24) is 5.64 Å². The van der Waals surface area contributed by atoms with E-state index in [1.807, 2.05) is 5.64 Å². The molecule has 0 saturated heterocycles. The minimum atomic E-state index is -0.242. The molecule has 0 atom stereocenters. The number of nitroso groups, excluding NO2 is 1. The van der Waals surface area contributed by atoms with Gasteiger partial charge in [0.2, 0.25) is 6.73 Å². The number of rotatable bonds is 4. The average molecular weight is 106 g/mol. The second-order valence-corrected chi connectivity index (χ2v) is 0.690. The Morgan fingerprint density at radius 1 is 1.86 bits per heavy atom. The second-order valence-electron chi connectivity index (χ2n) is 0.690. The highest BCUT2D eigenvalue weighted by Gasteiger charge is 1.75. The van der Waals surface area contributed by atoms with Crippen LogP contribution >= 0.6 is 0 Å². The molecule has 0 saturated carbocycles. The zero-order chi connectivity index (χ0) is 5.54. The Bertz CT molecular complexity index is 48.2. The van der Waals surface area contributed by atoms with E-state index in [4.69, 9.17) is 0 Å². The molecule has 0 radical (unpaired) electrons. The maximum absolute atomic E-state index is 9.21. The molecule has 0 aromatic heterocycles. The maximum atomic E-state index is 9.21. The number of nitrogens with one attached hydrogen (secondary N) is 1. The van der Waals surface area contributed by atoms with Crippen molar-refractivity contribution in [2.24, 2.45) is 5.18 Å². The molecule has 0 unspecified atom stereocenters. The van der Waals surface area contributed by atoms with Gasteiger partial charge in [0.1, 0.15) is 0 Å². The molecule has 7 heavy (non-hydrogen) atoms. The number of hydrogen-bond donors (Lipinski definition) is 1. The molecule has 0 spiro atoms. The van der Waals surface area contributed by atoms with Crippen LogP contribution in [0.4, 0.5) is 0 Å². The topological polar surface area (TPSA) is 59.9 Å².